The van der Waals surface area contributed by atoms with Gasteiger partial charge in [-0.15, -0.1) is 0 Å². The molecule has 1 aliphatic heterocycles. The van der Waals surface area contributed by atoms with Crippen molar-refractivity contribution in [2.24, 2.45) is 0 Å². The van der Waals surface area contributed by atoms with Gasteiger partial charge < -0.3 is 15.0 Å². The van der Waals surface area contributed by atoms with Crippen molar-refractivity contribution in [1.29, 1.82) is 0 Å². The van der Waals surface area contributed by atoms with Crippen LogP contribution in [0.25, 0.3) is 0 Å². The third-order valence-corrected chi connectivity index (χ3v) is 3.74. The maximum Gasteiger partial charge on any atom is 0.244 e. The van der Waals surface area contributed by atoms with Crippen LogP contribution in [0.4, 0.5) is 5.69 Å². The predicted molar refractivity (Wildman–Crippen MR) is 81.1 cm³/mol. The number of ether oxygens (including phenoxy) is 1. The van der Waals surface area contributed by atoms with Gasteiger partial charge in [0.05, 0.1) is 7.11 Å². The molecule has 4 heteroatoms. The fraction of sp³-hybridized carbons (Fsp3) is 0.562. The summed E-state index contributed by atoms with van der Waals surface area (Å²) in [6.07, 6.45) is 4.72. The molecule has 1 saturated heterocycles. The molecule has 1 amide bonds. The van der Waals surface area contributed by atoms with E-state index in [2.05, 4.69) is 5.32 Å². The number of nitrogens with zero attached hydrogens (tertiary/aromatic N) is 1. The van der Waals surface area contributed by atoms with Crippen LogP contribution in [0.1, 0.15) is 32.6 Å². The molecule has 0 aromatic heterocycles. The lowest BCUT2D eigenvalue weighted by Crippen LogP contribution is -2.41. The summed E-state index contributed by atoms with van der Waals surface area (Å²) in [6.45, 7) is 3.71. The first-order valence-corrected chi connectivity index (χ1v) is 7.40. The summed E-state index contributed by atoms with van der Waals surface area (Å²) in [6, 6.07) is 7.47. The SMILES string of the molecule is COc1cccc(NC(C)C(=O)N2CCCCCC2)c1. The Labute approximate surface area is 121 Å². The quantitative estimate of drug-likeness (QED) is 0.919. The Morgan fingerprint density at radius 2 is 1.95 bits per heavy atom. The van der Waals surface area contributed by atoms with E-state index < -0.39 is 0 Å². The van der Waals surface area contributed by atoms with Crippen LogP contribution in [0.2, 0.25) is 0 Å². The summed E-state index contributed by atoms with van der Waals surface area (Å²) in [7, 11) is 1.64. The van der Waals surface area contributed by atoms with Crippen molar-refractivity contribution in [1.82, 2.24) is 4.90 Å². The molecule has 0 radical (unpaired) electrons. The van der Waals surface area contributed by atoms with E-state index in [0.29, 0.717) is 0 Å². The van der Waals surface area contributed by atoms with Gasteiger partial charge in [-0.3, -0.25) is 4.79 Å². The van der Waals surface area contributed by atoms with Crippen molar-refractivity contribution in [3.05, 3.63) is 24.3 Å². The Kier molecular flexibility index (Phi) is 5.27. The molecule has 1 heterocycles. The molecule has 1 N–H and O–H groups in total. The Morgan fingerprint density at radius 3 is 2.60 bits per heavy atom. The molecule has 0 saturated carbocycles. The fourth-order valence-electron chi connectivity index (χ4n) is 2.59. The zero-order chi connectivity index (χ0) is 14.4. The maximum absolute atomic E-state index is 12.4. The molecule has 2 rings (SSSR count). The molecule has 110 valence electrons. The summed E-state index contributed by atoms with van der Waals surface area (Å²) in [4.78, 5) is 14.4. The van der Waals surface area contributed by atoms with Crippen LogP contribution >= 0.6 is 0 Å². The number of nitrogens with one attached hydrogen (secondary N) is 1. The van der Waals surface area contributed by atoms with E-state index in [1.807, 2.05) is 36.1 Å². The zero-order valence-corrected chi connectivity index (χ0v) is 12.4. The lowest BCUT2D eigenvalue weighted by atomic mass is 10.2. The molecule has 1 aromatic carbocycles. The summed E-state index contributed by atoms with van der Waals surface area (Å²) in [5.74, 6) is 0.985. The summed E-state index contributed by atoms with van der Waals surface area (Å²) >= 11 is 0. The minimum absolute atomic E-state index is 0.190. The predicted octanol–water partition coefficient (Wildman–Crippen LogP) is 2.90. The summed E-state index contributed by atoms with van der Waals surface area (Å²) in [5.41, 5.74) is 0.917. The molecule has 20 heavy (non-hydrogen) atoms. The molecule has 1 aliphatic rings. The second-order valence-electron chi connectivity index (χ2n) is 5.34. The summed E-state index contributed by atoms with van der Waals surface area (Å²) < 4.78 is 5.19. The molecular formula is C16H24N2O2. The van der Waals surface area contributed by atoms with E-state index >= 15 is 0 Å². The number of benzene rings is 1. The van der Waals surface area contributed by atoms with E-state index in [1.54, 1.807) is 7.11 Å². The van der Waals surface area contributed by atoms with Gasteiger partial charge in [0.2, 0.25) is 5.91 Å². The first-order chi connectivity index (χ1) is 9.70. The molecular weight excluding hydrogens is 252 g/mol. The fourth-order valence-corrected chi connectivity index (χ4v) is 2.59. The maximum atomic E-state index is 12.4. The van der Waals surface area contributed by atoms with Gasteiger partial charge in [-0.2, -0.15) is 0 Å². The number of hydrogen-bond acceptors (Lipinski definition) is 3. The normalized spacial score (nSPS) is 17.2. The van der Waals surface area contributed by atoms with E-state index in [9.17, 15) is 4.79 Å². The number of methoxy groups -OCH3 is 1. The van der Waals surface area contributed by atoms with Crippen molar-refractivity contribution in [3.8, 4) is 5.75 Å². The Bertz CT molecular complexity index is 440. The van der Waals surface area contributed by atoms with Crippen LogP contribution < -0.4 is 10.1 Å². The molecule has 1 aromatic rings. The van der Waals surface area contributed by atoms with Crippen molar-refractivity contribution in [2.75, 3.05) is 25.5 Å². The lowest BCUT2D eigenvalue weighted by molar-refractivity contribution is -0.131. The van der Waals surface area contributed by atoms with Gasteiger partial charge in [-0.25, -0.2) is 0 Å². The van der Waals surface area contributed by atoms with Crippen molar-refractivity contribution < 1.29 is 9.53 Å². The van der Waals surface area contributed by atoms with Crippen molar-refractivity contribution in [2.45, 2.75) is 38.6 Å². The number of carbonyl (C=O) groups is 1. The van der Waals surface area contributed by atoms with Crippen LogP contribution in [-0.2, 0) is 4.79 Å². The standard InChI is InChI=1S/C16H24N2O2/c1-13(16(19)18-10-5-3-4-6-11-18)17-14-8-7-9-15(12-14)20-2/h7-9,12-13,17H,3-6,10-11H2,1-2H3. The van der Waals surface area contributed by atoms with Gasteiger partial charge in [0, 0.05) is 24.8 Å². The van der Waals surface area contributed by atoms with E-state index in [4.69, 9.17) is 4.74 Å². The second kappa shape index (κ2) is 7.17. The average Bonchev–Trinajstić information content (AvgIpc) is 2.75. The van der Waals surface area contributed by atoms with Crippen LogP contribution in [0.15, 0.2) is 24.3 Å². The van der Waals surface area contributed by atoms with Crippen molar-refractivity contribution in [3.63, 3.8) is 0 Å². The Balaban J connectivity index is 1.95. The number of anilines is 1. The van der Waals surface area contributed by atoms with Crippen LogP contribution in [0.3, 0.4) is 0 Å². The highest BCUT2D eigenvalue weighted by molar-refractivity contribution is 5.84. The van der Waals surface area contributed by atoms with Crippen molar-refractivity contribution >= 4 is 11.6 Å². The van der Waals surface area contributed by atoms with E-state index in [-0.39, 0.29) is 11.9 Å². The van der Waals surface area contributed by atoms with Gasteiger partial charge in [-0.05, 0) is 31.9 Å². The first kappa shape index (κ1) is 14.7. The van der Waals surface area contributed by atoms with Crippen LogP contribution in [-0.4, -0.2) is 37.0 Å². The van der Waals surface area contributed by atoms with E-state index in [0.717, 1.165) is 37.4 Å². The Morgan fingerprint density at radius 1 is 1.25 bits per heavy atom. The van der Waals surface area contributed by atoms with Gasteiger partial charge in [0.15, 0.2) is 0 Å². The lowest BCUT2D eigenvalue weighted by Gasteiger charge is -2.25. The minimum atomic E-state index is -0.208. The monoisotopic (exact) mass is 276 g/mol. The highest BCUT2D eigenvalue weighted by Crippen LogP contribution is 2.18. The van der Waals surface area contributed by atoms with E-state index in [1.165, 1.54) is 12.8 Å². The first-order valence-electron chi connectivity index (χ1n) is 7.40. The minimum Gasteiger partial charge on any atom is -0.497 e. The Hall–Kier alpha value is -1.71. The highest BCUT2D eigenvalue weighted by atomic mass is 16.5. The van der Waals surface area contributed by atoms with Gasteiger partial charge >= 0.3 is 0 Å². The largest absolute Gasteiger partial charge is 0.497 e. The second-order valence-corrected chi connectivity index (χ2v) is 5.34. The molecule has 0 aliphatic carbocycles. The number of amides is 1. The zero-order valence-electron chi connectivity index (χ0n) is 12.4. The molecule has 1 unspecified atom stereocenters. The number of likely N-dealkylation sites (tertiary alicyclic amines) is 1. The summed E-state index contributed by atoms with van der Waals surface area (Å²) in [5, 5.41) is 3.26. The van der Waals surface area contributed by atoms with Gasteiger partial charge in [-0.1, -0.05) is 18.9 Å². The average molecular weight is 276 g/mol. The molecule has 0 spiro atoms. The molecule has 1 atom stereocenters. The third kappa shape index (κ3) is 3.89. The molecule has 1 fully saturated rings. The number of carbonyl (C=O) groups excluding carboxylic acids is 1. The number of rotatable bonds is 4. The topological polar surface area (TPSA) is 41.6 Å². The van der Waals surface area contributed by atoms with Crippen LogP contribution in [0.5, 0.6) is 5.75 Å². The third-order valence-electron chi connectivity index (χ3n) is 3.74. The van der Waals surface area contributed by atoms with Gasteiger partial charge in [0.1, 0.15) is 11.8 Å². The smallest absolute Gasteiger partial charge is 0.244 e. The highest BCUT2D eigenvalue weighted by Gasteiger charge is 2.21. The van der Waals surface area contributed by atoms with Crippen LogP contribution in [0, 0.1) is 0 Å². The molecule has 0 bridgehead atoms. The molecule has 4 nitrogen and oxygen atoms in total. The number of hydrogen-bond donors (Lipinski definition) is 1. The van der Waals surface area contributed by atoms with Gasteiger partial charge in [0.25, 0.3) is 0 Å².